The van der Waals surface area contributed by atoms with E-state index < -0.39 is 10.7 Å². The summed E-state index contributed by atoms with van der Waals surface area (Å²) >= 11 is 0. The van der Waals surface area contributed by atoms with E-state index in [0.717, 1.165) is 0 Å². The minimum Gasteiger partial charge on any atom is -0.340 e. The fourth-order valence-corrected chi connectivity index (χ4v) is 1.34. The quantitative estimate of drug-likeness (QED) is 0.290. The maximum Gasteiger partial charge on any atom is 0.268 e. The van der Waals surface area contributed by atoms with Crippen LogP contribution in [-0.2, 0) is 9.47 Å². The molecule has 0 radical (unpaired) electrons. The van der Waals surface area contributed by atoms with Crippen molar-refractivity contribution < 1.29 is 14.4 Å². The summed E-state index contributed by atoms with van der Waals surface area (Å²) in [5.41, 5.74) is 0.0466. The van der Waals surface area contributed by atoms with Crippen LogP contribution in [0, 0.1) is 10.1 Å². The Morgan fingerprint density at radius 3 is 3.21 bits per heavy atom. The minimum atomic E-state index is -0.770. The molecule has 2 atom stereocenters. The third-order valence-electron chi connectivity index (χ3n) is 2.10. The maximum absolute atomic E-state index is 10.4. The Balaban J connectivity index is 2.05. The summed E-state index contributed by atoms with van der Waals surface area (Å²) < 4.78 is 10.5. The highest BCUT2D eigenvalue weighted by atomic mass is 16.8. The van der Waals surface area contributed by atoms with Crippen LogP contribution in [0.25, 0.3) is 0 Å². The van der Waals surface area contributed by atoms with Gasteiger partial charge >= 0.3 is 0 Å². The highest BCUT2D eigenvalue weighted by molar-refractivity contribution is 5.31. The summed E-state index contributed by atoms with van der Waals surface area (Å²) in [5.74, 6) is -0.770. The van der Waals surface area contributed by atoms with Gasteiger partial charge in [0.1, 0.15) is 6.10 Å². The van der Waals surface area contributed by atoms with Gasteiger partial charge in [-0.2, -0.15) is 0 Å². The van der Waals surface area contributed by atoms with Gasteiger partial charge in [0.15, 0.2) is 0 Å². The number of ether oxygens (including phenoxy) is 2. The van der Waals surface area contributed by atoms with Crippen molar-refractivity contribution in [3.05, 3.63) is 46.7 Å². The molecular formula is C9H9NO4. The van der Waals surface area contributed by atoms with Crippen LogP contribution in [0.5, 0.6) is 0 Å². The van der Waals surface area contributed by atoms with Crippen molar-refractivity contribution in [2.75, 3.05) is 6.61 Å². The molecule has 0 aromatic carbocycles. The van der Waals surface area contributed by atoms with Crippen molar-refractivity contribution in [1.29, 1.82) is 0 Å². The van der Waals surface area contributed by atoms with Crippen molar-refractivity contribution in [1.82, 2.24) is 0 Å². The van der Waals surface area contributed by atoms with Gasteiger partial charge in [-0.1, -0.05) is 6.08 Å². The molecule has 5 heteroatoms. The Bertz CT molecular complexity index is 347. The van der Waals surface area contributed by atoms with Gasteiger partial charge < -0.3 is 9.47 Å². The molecule has 0 bridgehead atoms. The van der Waals surface area contributed by atoms with Crippen LogP contribution in [0.3, 0.4) is 0 Å². The zero-order valence-electron chi connectivity index (χ0n) is 7.38. The summed E-state index contributed by atoms with van der Waals surface area (Å²) in [6.07, 6.45) is 5.69. The number of hydrogen-bond donors (Lipinski definition) is 0. The third-order valence-corrected chi connectivity index (χ3v) is 2.10. The molecule has 0 aromatic heterocycles. The number of fused-ring (bicyclic) bond motifs is 1. The second kappa shape index (κ2) is 3.04. The van der Waals surface area contributed by atoms with Gasteiger partial charge in [0, 0.05) is 12.2 Å². The number of rotatable bonds is 4. The van der Waals surface area contributed by atoms with Crippen LogP contribution >= 0.6 is 0 Å². The molecular weight excluding hydrogens is 186 g/mol. The summed E-state index contributed by atoms with van der Waals surface area (Å²) in [6.45, 7) is 3.87. The van der Waals surface area contributed by atoms with E-state index in [1.165, 1.54) is 12.2 Å². The summed E-state index contributed by atoms with van der Waals surface area (Å²) in [4.78, 5) is 9.96. The summed E-state index contributed by atoms with van der Waals surface area (Å²) in [5, 5.41) is 10.4. The van der Waals surface area contributed by atoms with E-state index in [1.54, 1.807) is 12.2 Å². The number of nitrogens with zero attached hydrogens (tertiary/aromatic N) is 1. The Labute approximate surface area is 80.5 Å². The smallest absolute Gasteiger partial charge is 0.268 e. The fourth-order valence-electron chi connectivity index (χ4n) is 1.34. The van der Waals surface area contributed by atoms with Gasteiger partial charge in [-0.15, -0.1) is 6.58 Å². The molecule has 1 aliphatic heterocycles. The van der Waals surface area contributed by atoms with Gasteiger partial charge in [-0.05, 0) is 6.08 Å². The van der Waals surface area contributed by atoms with Crippen molar-refractivity contribution in [3.8, 4) is 0 Å². The van der Waals surface area contributed by atoms with Crippen LogP contribution in [0.1, 0.15) is 0 Å². The average Bonchev–Trinajstić information content (AvgIpc) is 2.88. The van der Waals surface area contributed by atoms with E-state index in [9.17, 15) is 10.1 Å². The first-order chi connectivity index (χ1) is 6.68. The zero-order valence-corrected chi connectivity index (χ0v) is 7.38. The van der Waals surface area contributed by atoms with E-state index in [2.05, 4.69) is 6.58 Å². The second-order valence-electron chi connectivity index (χ2n) is 3.04. The van der Waals surface area contributed by atoms with Crippen LogP contribution in [0.15, 0.2) is 36.6 Å². The van der Waals surface area contributed by atoms with Crippen molar-refractivity contribution in [2.45, 2.75) is 11.9 Å². The van der Waals surface area contributed by atoms with Gasteiger partial charge in [-0.25, -0.2) is 0 Å². The van der Waals surface area contributed by atoms with E-state index in [0.29, 0.717) is 6.61 Å². The molecule has 1 saturated heterocycles. The second-order valence-corrected chi connectivity index (χ2v) is 3.04. The number of epoxide rings is 1. The molecule has 0 saturated carbocycles. The maximum atomic E-state index is 10.4. The first-order valence-electron chi connectivity index (χ1n) is 4.16. The Kier molecular flexibility index (Phi) is 1.98. The number of nitro groups is 1. The van der Waals surface area contributed by atoms with Crippen LogP contribution < -0.4 is 0 Å². The van der Waals surface area contributed by atoms with Gasteiger partial charge in [0.2, 0.25) is 5.79 Å². The van der Waals surface area contributed by atoms with Crippen LogP contribution in [0.2, 0.25) is 0 Å². The van der Waals surface area contributed by atoms with Crippen LogP contribution in [0.4, 0.5) is 0 Å². The third kappa shape index (κ3) is 1.36. The normalized spacial score (nSPS) is 33.1. The lowest BCUT2D eigenvalue weighted by molar-refractivity contribution is -0.419. The molecule has 1 aliphatic carbocycles. The molecule has 0 spiro atoms. The van der Waals surface area contributed by atoms with E-state index in [-0.39, 0.29) is 11.8 Å². The molecule has 2 aliphatic rings. The molecule has 2 unspecified atom stereocenters. The topological polar surface area (TPSA) is 64.9 Å². The molecule has 14 heavy (non-hydrogen) atoms. The first kappa shape index (κ1) is 9.11. The predicted molar refractivity (Wildman–Crippen MR) is 48.0 cm³/mol. The highest BCUT2D eigenvalue weighted by Crippen LogP contribution is 2.43. The molecule has 0 N–H and O–H groups in total. The lowest BCUT2D eigenvalue weighted by atomic mass is 10.1. The standard InChI is InChI=1S/C9H9NO4/c1-2-5-13-9-4-3-7(10(11)12)6-8(9)14-9/h2-4,6,8H,1,5H2. The van der Waals surface area contributed by atoms with Crippen molar-refractivity contribution in [3.63, 3.8) is 0 Å². The van der Waals surface area contributed by atoms with Gasteiger partial charge in [0.25, 0.3) is 5.70 Å². The minimum absolute atomic E-state index is 0.0466. The van der Waals surface area contributed by atoms with Crippen LogP contribution in [-0.4, -0.2) is 23.4 Å². The predicted octanol–water partition coefficient (Wildman–Crippen LogP) is 1.01. The van der Waals surface area contributed by atoms with Crippen molar-refractivity contribution in [2.24, 2.45) is 0 Å². The zero-order chi connectivity index (χ0) is 10.2. The largest absolute Gasteiger partial charge is 0.340 e. The SMILES string of the molecule is C=CCOC12C=CC([N+](=O)[O-])=CC1O2. The molecule has 74 valence electrons. The molecule has 1 fully saturated rings. The van der Waals surface area contributed by atoms with E-state index in [4.69, 9.17) is 9.47 Å². The highest BCUT2D eigenvalue weighted by Gasteiger charge is 2.57. The first-order valence-corrected chi connectivity index (χ1v) is 4.16. The Morgan fingerprint density at radius 2 is 2.64 bits per heavy atom. The van der Waals surface area contributed by atoms with Crippen molar-refractivity contribution >= 4 is 0 Å². The monoisotopic (exact) mass is 195 g/mol. The fraction of sp³-hybridized carbons (Fsp3) is 0.333. The lowest BCUT2D eigenvalue weighted by Gasteiger charge is -2.08. The summed E-state index contributed by atoms with van der Waals surface area (Å²) in [6, 6.07) is 0. The lowest BCUT2D eigenvalue weighted by Crippen LogP contribution is -2.19. The van der Waals surface area contributed by atoms with Gasteiger partial charge in [-0.3, -0.25) is 10.1 Å². The van der Waals surface area contributed by atoms with E-state index >= 15 is 0 Å². The van der Waals surface area contributed by atoms with E-state index in [1.807, 2.05) is 0 Å². The Morgan fingerprint density at radius 1 is 1.86 bits per heavy atom. The average molecular weight is 195 g/mol. The molecule has 1 heterocycles. The molecule has 5 nitrogen and oxygen atoms in total. The molecule has 0 amide bonds. The number of allylic oxidation sites excluding steroid dienone is 1. The Hall–Kier alpha value is -1.46. The summed E-state index contributed by atoms with van der Waals surface area (Å²) in [7, 11) is 0. The number of hydrogen-bond acceptors (Lipinski definition) is 4. The van der Waals surface area contributed by atoms with Gasteiger partial charge in [0.05, 0.1) is 11.5 Å². The molecule has 2 rings (SSSR count). The molecule has 0 aromatic rings.